The van der Waals surface area contributed by atoms with Crippen LogP contribution in [0.3, 0.4) is 0 Å². The molecule has 6 heteroatoms. The molecular formula is C17H21N3O2S. The number of carbonyl (C=O) groups is 1. The number of esters is 1. The third-order valence-electron chi connectivity index (χ3n) is 3.05. The fraction of sp³-hybridized carbons (Fsp3) is 0.412. The number of anilines is 2. The summed E-state index contributed by atoms with van der Waals surface area (Å²) in [7, 11) is 5.11. The normalized spacial score (nSPS) is 10.9. The lowest BCUT2D eigenvalue weighted by Crippen LogP contribution is -2.13. The number of aryl methyl sites for hydroxylation is 1. The number of hydrogen-bond acceptors (Lipinski definition) is 5. The van der Waals surface area contributed by atoms with Gasteiger partial charge in [-0.2, -0.15) is 5.10 Å². The first-order valence-corrected chi connectivity index (χ1v) is 8.01. The zero-order valence-electron chi connectivity index (χ0n) is 14.3. The largest absolute Gasteiger partial charge is 0.465 e. The molecule has 0 aliphatic carbocycles. The van der Waals surface area contributed by atoms with Crippen molar-refractivity contribution >= 4 is 28.8 Å². The molecule has 0 N–H and O–H groups in total. The second-order valence-electron chi connectivity index (χ2n) is 6.22. The van der Waals surface area contributed by atoms with E-state index in [1.165, 1.54) is 18.4 Å². The van der Waals surface area contributed by atoms with Crippen LogP contribution in [0.5, 0.6) is 0 Å². The van der Waals surface area contributed by atoms with Crippen molar-refractivity contribution in [3.8, 4) is 11.8 Å². The first-order valence-electron chi connectivity index (χ1n) is 7.20. The number of rotatable bonds is 3. The summed E-state index contributed by atoms with van der Waals surface area (Å²) >= 11 is 1.34. The topological polar surface area (TPSA) is 47.4 Å². The molecule has 0 fully saturated rings. The molecule has 0 unspecified atom stereocenters. The molecule has 122 valence electrons. The maximum Gasteiger partial charge on any atom is 0.350 e. The summed E-state index contributed by atoms with van der Waals surface area (Å²) in [6.45, 7) is 6.15. The van der Waals surface area contributed by atoms with Gasteiger partial charge in [-0.25, -0.2) is 4.79 Å². The molecule has 2 aromatic rings. The predicted molar refractivity (Wildman–Crippen MR) is 93.3 cm³/mol. The Bertz CT molecular complexity index is 772. The van der Waals surface area contributed by atoms with E-state index in [0.717, 1.165) is 16.4 Å². The van der Waals surface area contributed by atoms with Crippen LogP contribution in [0.2, 0.25) is 0 Å². The van der Waals surface area contributed by atoms with E-state index >= 15 is 0 Å². The van der Waals surface area contributed by atoms with Gasteiger partial charge in [0.25, 0.3) is 0 Å². The van der Waals surface area contributed by atoms with E-state index in [1.807, 2.05) is 37.3 Å². The van der Waals surface area contributed by atoms with E-state index in [9.17, 15) is 4.79 Å². The molecule has 0 aliphatic heterocycles. The Hall–Kier alpha value is -2.26. The molecule has 0 aliphatic rings. The van der Waals surface area contributed by atoms with Crippen molar-refractivity contribution < 1.29 is 9.53 Å². The Balaban J connectivity index is 2.46. The summed E-state index contributed by atoms with van der Waals surface area (Å²) in [5.74, 6) is 6.72. The van der Waals surface area contributed by atoms with E-state index in [1.54, 1.807) is 4.68 Å². The van der Waals surface area contributed by atoms with Gasteiger partial charge in [0, 0.05) is 31.8 Å². The van der Waals surface area contributed by atoms with Gasteiger partial charge in [-0.15, -0.1) is 11.3 Å². The minimum atomic E-state index is -0.364. The number of thiophene rings is 1. The average Bonchev–Trinajstić information content (AvgIpc) is 3.09. The van der Waals surface area contributed by atoms with Crippen molar-refractivity contribution in [1.29, 1.82) is 0 Å². The summed E-state index contributed by atoms with van der Waals surface area (Å²) in [5.41, 5.74) is 0.654. The Morgan fingerprint density at radius 1 is 1.43 bits per heavy atom. The van der Waals surface area contributed by atoms with E-state index < -0.39 is 0 Å². The summed E-state index contributed by atoms with van der Waals surface area (Å²) in [5, 5.41) is 4.37. The number of nitrogens with zero attached hydrogens (tertiary/aromatic N) is 3. The zero-order valence-corrected chi connectivity index (χ0v) is 15.1. The third kappa shape index (κ3) is 4.14. The van der Waals surface area contributed by atoms with Crippen LogP contribution in [0.15, 0.2) is 18.3 Å². The third-order valence-corrected chi connectivity index (χ3v) is 4.07. The average molecular weight is 331 g/mol. The lowest BCUT2D eigenvalue weighted by Gasteiger charge is -2.15. The minimum absolute atomic E-state index is 0.0948. The summed E-state index contributed by atoms with van der Waals surface area (Å²) in [6.07, 6.45) is 1.86. The Kier molecular flexibility index (Phi) is 4.81. The standard InChI is InChI=1S/C17H21N3O2S/c1-17(2,3)9-7-12-11-13(15(23-12)16(21)22-6)20(5)14-8-10-19(4)18-14/h8,10-11H,1-6H3. The number of hydrogen-bond donors (Lipinski definition) is 0. The molecule has 2 heterocycles. The van der Waals surface area contributed by atoms with Crippen LogP contribution in [0.1, 0.15) is 35.3 Å². The summed E-state index contributed by atoms with van der Waals surface area (Å²) in [6, 6.07) is 3.80. The van der Waals surface area contributed by atoms with Gasteiger partial charge in [0.05, 0.1) is 17.7 Å². The van der Waals surface area contributed by atoms with Crippen LogP contribution < -0.4 is 4.90 Å². The number of carbonyl (C=O) groups excluding carboxylic acids is 1. The maximum atomic E-state index is 12.1. The Morgan fingerprint density at radius 3 is 2.65 bits per heavy atom. The fourth-order valence-electron chi connectivity index (χ4n) is 1.89. The lowest BCUT2D eigenvalue weighted by molar-refractivity contribution is 0.0607. The maximum absolute atomic E-state index is 12.1. The molecule has 0 spiro atoms. The van der Waals surface area contributed by atoms with E-state index in [2.05, 4.69) is 37.7 Å². The minimum Gasteiger partial charge on any atom is -0.465 e. The fourth-order valence-corrected chi connectivity index (χ4v) is 2.84. The van der Waals surface area contributed by atoms with E-state index in [-0.39, 0.29) is 11.4 Å². The molecule has 5 nitrogen and oxygen atoms in total. The van der Waals surface area contributed by atoms with Gasteiger partial charge in [-0.1, -0.05) is 11.8 Å². The van der Waals surface area contributed by atoms with Crippen molar-refractivity contribution in [2.24, 2.45) is 12.5 Å². The SMILES string of the molecule is COC(=O)c1sc(C#CC(C)(C)C)cc1N(C)c1ccn(C)n1. The monoisotopic (exact) mass is 331 g/mol. The molecule has 0 radical (unpaired) electrons. The summed E-state index contributed by atoms with van der Waals surface area (Å²) < 4.78 is 6.62. The first-order chi connectivity index (χ1) is 10.7. The molecule has 0 aromatic carbocycles. The van der Waals surface area contributed by atoms with Gasteiger partial charge in [-0.05, 0) is 26.8 Å². The van der Waals surface area contributed by atoms with Crippen molar-refractivity contribution in [3.05, 3.63) is 28.1 Å². The Labute approximate surface area is 140 Å². The van der Waals surface area contributed by atoms with Gasteiger partial charge in [0.1, 0.15) is 4.88 Å². The molecule has 23 heavy (non-hydrogen) atoms. The highest BCUT2D eigenvalue weighted by Crippen LogP contribution is 2.33. The quantitative estimate of drug-likeness (QED) is 0.638. The predicted octanol–water partition coefficient (Wildman–Crippen LogP) is 3.43. The number of ether oxygens (including phenoxy) is 1. The van der Waals surface area contributed by atoms with Crippen LogP contribution >= 0.6 is 11.3 Å². The highest BCUT2D eigenvalue weighted by atomic mass is 32.1. The molecule has 2 aromatic heterocycles. The molecule has 2 rings (SSSR count). The second-order valence-corrected chi connectivity index (χ2v) is 7.28. The molecular weight excluding hydrogens is 310 g/mol. The number of methoxy groups -OCH3 is 1. The highest BCUT2D eigenvalue weighted by molar-refractivity contribution is 7.15. The second kappa shape index (κ2) is 6.47. The smallest absolute Gasteiger partial charge is 0.350 e. The van der Waals surface area contributed by atoms with Gasteiger partial charge >= 0.3 is 5.97 Å². The Morgan fingerprint density at radius 2 is 2.13 bits per heavy atom. The van der Waals surface area contributed by atoms with E-state index in [0.29, 0.717) is 4.88 Å². The van der Waals surface area contributed by atoms with Gasteiger partial charge in [0.2, 0.25) is 0 Å². The van der Waals surface area contributed by atoms with Crippen LogP contribution in [-0.4, -0.2) is 29.9 Å². The first kappa shape index (κ1) is 17.1. The van der Waals surface area contributed by atoms with Gasteiger partial charge in [-0.3, -0.25) is 4.68 Å². The van der Waals surface area contributed by atoms with Crippen LogP contribution in [0.4, 0.5) is 11.5 Å². The summed E-state index contributed by atoms with van der Waals surface area (Å²) in [4.78, 5) is 15.3. The molecule has 0 bridgehead atoms. The van der Waals surface area contributed by atoms with Crippen LogP contribution in [0.25, 0.3) is 0 Å². The van der Waals surface area contributed by atoms with Crippen molar-refractivity contribution in [3.63, 3.8) is 0 Å². The molecule has 0 saturated carbocycles. The van der Waals surface area contributed by atoms with Crippen LogP contribution in [0, 0.1) is 17.3 Å². The van der Waals surface area contributed by atoms with Crippen molar-refractivity contribution in [2.75, 3.05) is 19.1 Å². The van der Waals surface area contributed by atoms with E-state index in [4.69, 9.17) is 4.74 Å². The lowest BCUT2D eigenvalue weighted by atomic mass is 9.98. The van der Waals surface area contributed by atoms with Crippen molar-refractivity contribution in [2.45, 2.75) is 20.8 Å². The van der Waals surface area contributed by atoms with Gasteiger partial charge in [0.15, 0.2) is 5.82 Å². The molecule has 0 saturated heterocycles. The number of aromatic nitrogens is 2. The molecule has 0 amide bonds. The van der Waals surface area contributed by atoms with Crippen molar-refractivity contribution in [1.82, 2.24) is 9.78 Å². The van der Waals surface area contributed by atoms with Crippen LogP contribution in [-0.2, 0) is 11.8 Å². The highest BCUT2D eigenvalue weighted by Gasteiger charge is 2.21. The molecule has 0 atom stereocenters. The van der Waals surface area contributed by atoms with Gasteiger partial charge < -0.3 is 9.64 Å². The zero-order chi connectivity index (χ0) is 17.2.